The molecule has 5 nitrogen and oxygen atoms in total. The molecule has 2 aromatic rings. The number of thiophene rings is 1. The summed E-state index contributed by atoms with van der Waals surface area (Å²) in [6.45, 7) is 4.18. The Morgan fingerprint density at radius 1 is 1.12 bits per heavy atom. The number of methoxy groups -OCH3 is 2. The largest absolute Gasteiger partial charge is 0.497 e. The van der Waals surface area contributed by atoms with Gasteiger partial charge in [-0.1, -0.05) is 6.07 Å². The molecule has 2 heterocycles. The van der Waals surface area contributed by atoms with Gasteiger partial charge in [-0.15, -0.1) is 11.3 Å². The molecule has 3 rings (SSSR count). The van der Waals surface area contributed by atoms with Gasteiger partial charge in [-0.2, -0.15) is 0 Å². The summed E-state index contributed by atoms with van der Waals surface area (Å²) < 4.78 is 10.6. The molecule has 1 aliphatic rings. The van der Waals surface area contributed by atoms with Crippen LogP contribution in [0.3, 0.4) is 0 Å². The first-order valence-corrected chi connectivity index (χ1v) is 8.85. The van der Waals surface area contributed by atoms with Gasteiger partial charge in [-0.3, -0.25) is 9.69 Å². The van der Waals surface area contributed by atoms with Crippen LogP contribution in [-0.4, -0.2) is 56.1 Å². The molecule has 6 heteroatoms. The fourth-order valence-electron chi connectivity index (χ4n) is 2.88. The summed E-state index contributed by atoms with van der Waals surface area (Å²) in [5, 5.41) is 2.10. The first-order chi connectivity index (χ1) is 11.7. The van der Waals surface area contributed by atoms with E-state index in [9.17, 15) is 4.79 Å². The highest BCUT2D eigenvalue weighted by Gasteiger charge is 2.24. The minimum absolute atomic E-state index is 0.00141. The maximum atomic E-state index is 12.8. The molecule has 1 aromatic carbocycles. The van der Waals surface area contributed by atoms with Crippen LogP contribution in [0.15, 0.2) is 35.7 Å². The lowest BCUT2D eigenvalue weighted by Crippen LogP contribution is -2.48. The van der Waals surface area contributed by atoms with Crippen molar-refractivity contribution >= 4 is 17.2 Å². The normalized spacial score (nSPS) is 15.3. The maximum absolute atomic E-state index is 12.8. The summed E-state index contributed by atoms with van der Waals surface area (Å²) in [6.07, 6.45) is 0. The van der Waals surface area contributed by atoms with Gasteiger partial charge in [0.05, 0.1) is 19.8 Å². The monoisotopic (exact) mass is 346 g/mol. The lowest BCUT2D eigenvalue weighted by Gasteiger charge is -2.34. The molecule has 0 saturated carbocycles. The third kappa shape index (κ3) is 3.71. The van der Waals surface area contributed by atoms with Gasteiger partial charge in [-0.05, 0) is 29.6 Å². The number of amides is 1. The number of benzene rings is 1. The molecular formula is C18H22N2O3S. The van der Waals surface area contributed by atoms with E-state index < -0.39 is 0 Å². The molecule has 0 unspecified atom stereocenters. The molecule has 0 atom stereocenters. The average molecular weight is 346 g/mol. The summed E-state index contributed by atoms with van der Waals surface area (Å²) in [7, 11) is 3.18. The summed E-state index contributed by atoms with van der Waals surface area (Å²) in [6, 6.07) is 9.56. The number of hydrogen-bond acceptors (Lipinski definition) is 5. The van der Waals surface area contributed by atoms with Gasteiger partial charge in [0.1, 0.15) is 11.5 Å². The van der Waals surface area contributed by atoms with Crippen LogP contribution in [0.4, 0.5) is 0 Å². The van der Waals surface area contributed by atoms with Crippen LogP contribution in [0.5, 0.6) is 11.5 Å². The van der Waals surface area contributed by atoms with Crippen molar-refractivity contribution in [1.82, 2.24) is 9.80 Å². The van der Waals surface area contributed by atoms with E-state index in [4.69, 9.17) is 9.47 Å². The van der Waals surface area contributed by atoms with Crippen LogP contribution in [-0.2, 0) is 6.54 Å². The zero-order chi connectivity index (χ0) is 16.9. The van der Waals surface area contributed by atoms with Gasteiger partial charge in [0.15, 0.2) is 0 Å². The van der Waals surface area contributed by atoms with Crippen molar-refractivity contribution in [2.75, 3.05) is 40.4 Å². The first kappa shape index (κ1) is 16.8. The van der Waals surface area contributed by atoms with Crippen LogP contribution >= 0.6 is 11.3 Å². The molecule has 1 amide bonds. The first-order valence-electron chi connectivity index (χ1n) is 7.97. The molecule has 1 saturated heterocycles. The summed E-state index contributed by atoms with van der Waals surface area (Å²) >= 11 is 1.78. The van der Waals surface area contributed by atoms with Crippen molar-refractivity contribution in [3.8, 4) is 11.5 Å². The number of nitrogens with zero attached hydrogens (tertiary/aromatic N) is 2. The molecular weight excluding hydrogens is 324 g/mol. The van der Waals surface area contributed by atoms with Crippen molar-refractivity contribution in [2.45, 2.75) is 6.54 Å². The Hall–Kier alpha value is -2.05. The average Bonchev–Trinajstić information content (AvgIpc) is 3.14. The minimum Gasteiger partial charge on any atom is -0.497 e. The third-order valence-electron chi connectivity index (χ3n) is 4.26. The van der Waals surface area contributed by atoms with E-state index in [2.05, 4.69) is 22.4 Å². The molecule has 1 aliphatic heterocycles. The fraction of sp³-hybridized carbons (Fsp3) is 0.389. The lowest BCUT2D eigenvalue weighted by atomic mass is 10.1. The number of carbonyl (C=O) groups excluding carboxylic acids is 1. The number of piperazine rings is 1. The third-order valence-corrected chi connectivity index (χ3v) is 5.12. The maximum Gasteiger partial charge on any atom is 0.257 e. The summed E-state index contributed by atoms with van der Waals surface area (Å²) in [5.74, 6) is 1.25. The molecule has 0 aliphatic carbocycles. The zero-order valence-corrected chi connectivity index (χ0v) is 14.8. The number of ether oxygens (including phenoxy) is 2. The molecule has 24 heavy (non-hydrogen) atoms. The van der Waals surface area contributed by atoms with E-state index >= 15 is 0 Å². The second kappa shape index (κ2) is 7.68. The second-order valence-electron chi connectivity index (χ2n) is 5.71. The van der Waals surface area contributed by atoms with Gasteiger partial charge < -0.3 is 14.4 Å². The van der Waals surface area contributed by atoms with Crippen molar-refractivity contribution < 1.29 is 14.3 Å². The molecule has 0 N–H and O–H groups in total. The van der Waals surface area contributed by atoms with Gasteiger partial charge in [0.25, 0.3) is 5.91 Å². The van der Waals surface area contributed by atoms with Crippen LogP contribution in [0.2, 0.25) is 0 Å². The van der Waals surface area contributed by atoms with Crippen molar-refractivity contribution in [1.29, 1.82) is 0 Å². The van der Waals surface area contributed by atoms with E-state index in [1.807, 2.05) is 4.90 Å². The smallest absolute Gasteiger partial charge is 0.257 e. The minimum atomic E-state index is 0.00141. The van der Waals surface area contributed by atoms with Crippen LogP contribution in [0.25, 0.3) is 0 Å². The van der Waals surface area contributed by atoms with Crippen molar-refractivity contribution in [3.63, 3.8) is 0 Å². The molecule has 0 bridgehead atoms. The van der Waals surface area contributed by atoms with E-state index in [0.717, 1.165) is 32.7 Å². The predicted molar refractivity (Wildman–Crippen MR) is 95.0 cm³/mol. The molecule has 0 spiro atoms. The van der Waals surface area contributed by atoms with Crippen LogP contribution < -0.4 is 9.47 Å². The fourth-order valence-corrected chi connectivity index (χ4v) is 3.63. The Labute approximate surface area is 146 Å². The molecule has 1 aromatic heterocycles. The highest BCUT2D eigenvalue weighted by molar-refractivity contribution is 7.09. The van der Waals surface area contributed by atoms with Gasteiger partial charge in [-0.25, -0.2) is 0 Å². The molecule has 1 fully saturated rings. The van der Waals surface area contributed by atoms with Crippen LogP contribution in [0.1, 0.15) is 15.2 Å². The quantitative estimate of drug-likeness (QED) is 0.835. The number of rotatable bonds is 5. The Morgan fingerprint density at radius 3 is 2.54 bits per heavy atom. The SMILES string of the molecule is COc1ccc(OC)c(C(=O)N2CCN(Cc3cccs3)CC2)c1. The summed E-state index contributed by atoms with van der Waals surface area (Å²) in [5.41, 5.74) is 0.559. The second-order valence-corrected chi connectivity index (χ2v) is 6.75. The topological polar surface area (TPSA) is 42.0 Å². The van der Waals surface area contributed by atoms with Gasteiger partial charge >= 0.3 is 0 Å². The summed E-state index contributed by atoms with van der Waals surface area (Å²) in [4.78, 5) is 18.5. The van der Waals surface area contributed by atoms with Crippen molar-refractivity contribution in [3.05, 3.63) is 46.2 Å². The van der Waals surface area contributed by atoms with E-state index in [1.54, 1.807) is 43.8 Å². The number of hydrogen-bond donors (Lipinski definition) is 0. The predicted octanol–water partition coefficient (Wildman–Crippen LogP) is 2.72. The Morgan fingerprint density at radius 2 is 1.92 bits per heavy atom. The van der Waals surface area contributed by atoms with E-state index in [1.165, 1.54) is 4.88 Å². The highest BCUT2D eigenvalue weighted by Crippen LogP contribution is 2.26. The Bertz CT molecular complexity index is 680. The number of carbonyl (C=O) groups is 1. The highest BCUT2D eigenvalue weighted by atomic mass is 32.1. The van der Waals surface area contributed by atoms with E-state index in [-0.39, 0.29) is 5.91 Å². The molecule has 128 valence electrons. The Kier molecular flexibility index (Phi) is 5.37. The molecule has 0 radical (unpaired) electrons. The van der Waals surface area contributed by atoms with Gasteiger partial charge in [0.2, 0.25) is 0 Å². The van der Waals surface area contributed by atoms with Crippen LogP contribution in [0, 0.1) is 0 Å². The Balaban J connectivity index is 1.64. The zero-order valence-electron chi connectivity index (χ0n) is 14.0. The van der Waals surface area contributed by atoms with E-state index in [0.29, 0.717) is 17.1 Å². The van der Waals surface area contributed by atoms with Crippen molar-refractivity contribution in [2.24, 2.45) is 0 Å². The van der Waals surface area contributed by atoms with Gasteiger partial charge in [0, 0.05) is 37.6 Å². The standard InChI is InChI=1S/C18H22N2O3S/c1-22-14-5-6-17(23-2)16(12-14)18(21)20-9-7-19(8-10-20)13-15-4-3-11-24-15/h3-6,11-12H,7-10,13H2,1-2H3. The lowest BCUT2D eigenvalue weighted by molar-refractivity contribution is 0.0626.